The molecular formula is C19H20ClN3OS. The van der Waals surface area contributed by atoms with E-state index in [1.54, 1.807) is 24.3 Å². The number of hydrogen-bond donors (Lipinski definition) is 0. The Morgan fingerprint density at radius 1 is 1.24 bits per heavy atom. The molecular weight excluding hydrogens is 354 g/mol. The minimum absolute atomic E-state index is 0.0406. The fraction of sp³-hybridized carbons (Fsp3) is 0.474. The first-order valence-corrected chi connectivity index (χ1v) is 9.86. The quantitative estimate of drug-likeness (QED) is 0.575. The summed E-state index contributed by atoms with van der Waals surface area (Å²) < 4.78 is 0. The van der Waals surface area contributed by atoms with Crippen LogP contribution in [0.3, 0.4) is 0 Å². The molecule has 6 heteroatoms. The Kier molecular flexibility index (Phi) is 3.92. The molecule has 0 N–H and O–H groups in total. The SMILES string of the molecule is CC1(C)[C@H]2CC[C@]1(C)c1nc(SCC(=O)c3ccc(Cl)cc3)nnc12. The van der Waals surface area contributed by atoms with Crippen LogP contribution in [0.2, 0.25) is 5.02 Å². The lowest BCUT2D eigenvalue weighted by Gasteiger charge is -2.33. The monoisotopic (exact) mass is 373 g/mol. The van der Waals surface area contributed by atoms with Gasteiger partial charge < -0.3 is 0 Å². The maximum absolute atomic E-state index is 12.3. The summed E-state index contributed by atoms with van der Waals surface area (Å²) in [7, 11) is 0. The molecule has 2 atom stereocenters. The van der Waals surface area contributed by atoms with E-state index in [0.717, 1.165) is 24.2 Å². The van der Waals surface area contributed by atoms with Crippen molar-refractivity contribution >= 4 is 29.1 Å². The summed E-state index contributed by atoms with van der Waals surface area (Å²) in [6, 6.07) is 6.95. The van der Waals surface area contributed by atoms with Gasteiger partial charge in [-0.25, -0.2) is 4.98 Å². The van der Waals surface area contributed by atoms with Crippen LogP contribution >= 0.6 is 23.4 Å². The molecule has 2 aliphatic rings. The highest BCUT2D eigenvalue weighted by atomic mass is 35.5. The third kappa shape index (κ3) is 2.51. The predicted molar refractivity (Wildman–Crippen MR) is 99.4 cm³/mol. The molecule has 1 heterocycles. The van der Waals surface area contributed by atoms with E-state index in [1.807, 2.05) is 0 Å². The van der Waals surface area contributed by atoms with Crippen LogP contribution in [-0.2, 0) is 5.41 Å². The van der Waals surface area contributed by atoms with Gasteiger partial charge in [-0.1, -0.05) is 44.1 Å². The fourth-order valence-electron chi connectivity index (χ4n) is 4.27. The average molecular weight is 374 g/mol. The van der Waals surface area contributed by atoms with Gasteiger partial charge >= 0.3 is 0 Å². The number of carbonyl (C=O) groups excluding carboxylic acids is 1. The number of halogens is 1. The van der Waals surface area contributed by atoms with E-state index in [9.17, 15) is 4.79 Å². The van der Waals surface area contributed by atoms with Crippen molar-refractivity contribution < 1.29 is 4.79 Å². The largest absolute Gasteiger partial charge is 0.293 e. The topological polar surface area (TPSA) is 55.7 Å². The van der Waals surface area contributed by atoms with E-state index in [4.69, 9.17) is 16.6 Å². The van der Waals surface area contributed by atoms with Crippen LogP contribution < -0.4 is 0 Å². The number of carbonyl (C=O) groups is 1. The van der Waals surface area contributed by atoms with Crippen molar-refractivity contribution in [2.75, 3.05) is 5.75 Å². The fourth-order valence-corrected chi connectivity index (χ4v) is 5.08. The molecule has 1 aromatic carbocycles. The van der Waals surface area contributed by atoms with Crippen LogP contribution in [0.25, 0.3) is 0 Å². The molecule has 1 aromatic heterocycles. The summed E-state index contributed by atoms with van der Waals surface area (Å²) in [4.78, 5) is 17.1. The van der Waals surface area contributed by atoms with E-state index in [0.29, 0.717) is 27.4 Å². The Labute approximate surface area is 156 Å². The van der Waals surface area contributed by atoms with Crippen molar-refractivity contribution in [3.63, 3.8) is 0 Å². The summed E-state index contributed by atoms with van der Waals surface area (Å²) in [5, 5.41) is 9.97. The third-order valence-corrected chi connectivity index (χ3v) is 7.36. The lowest BCUT2D eigenvalue weighted by molar-refractivity contribution is 0.102. The zero-order valence-electron chi connectivity index (χ0n) is 14.5. The molecule has 4 nitrogen and oxygen atoms in total. The minimum Gasteiger partial charge on any atom is -0.293 e. The summed E-state index contributed by atoms with van der Waals surface area (Å²) >= 11 is 7.22. The van der Waals surface area contributed by atoms with Gasteiger partial charge in [-0.3, -0.25) is 4.79 Å². The molecule has 0 unspecified atom stereocenters. The molecule has 130 valence electrons. The van der Waals surface area contributed by atoms with Gasteiger partial charge in [-0.15, -0.1) is 5.10 Å². The van der Waals surface area contributed by atoms with Gasteiger partial charge in [-0.2, -0.15) is 5.10 Å². The molecule has 0 saturated heterocycles. The second kappa shape index (κ2) is 5.78. The molecule has 4 rings (SSSR count). The predicted octanol–water partition coefficient (Wildman–Crippen LogP) is 4.67. The van der Waals surface area contributed by atoms with Crippen molar-refractivity contribution in [1.29, 1.82) is 0 Å². The van der Waals surface area contributed by atoms with Gasteiger partial charge in [0.15, 0.2) is 5.78 Å². The number of ketones is 1. The third-order valence-electron chi connectivity index (χ3n) is 6.27. The number of fused-ring (bicyclic) bond motifs is 5. The van der Waals surface area contributed by atoms with E-state index in [2.05, 4.69) is 31.0 Å². The molecule has 0 aliphatic heterocycles. The number of thioether (sulfide) groups is 1. The van der Waals surface area contributed by atoms with Gasteiger partial charge in [0, 0.05) is 21.9 Å². The highest BCUT2D eigenvalue weighted by Gasteiger charge is 2.61. The molecule has 1 saturated carbocycles. The Morgan fingerprint density at radius 3 is 2.68 bits per heavy atom. The number of rotatable bonds is 4. The van der Waals surface area contributed by atoms with Crippen LogP contribution in [0.15, 0.2) is 29.4 Å². The molecule has 2 aromatic rings. The van der Waals surface area contributed by atoms with Gasteiger partial charge in [0.2, 0.25) is 5.16 Å². The Balaban J connectivity index is 1.53. The van der Waals surface area contributed by atoms with Gasteiger partial charge in [-0.05, 0) is 42.5 Å². The van der Waals surface area contributed by atoms with E-state index in [1.165, 1.54) is 11.8 Å². The van der Waals surface area contributed by atoms with Crippen molar-refractivity contribution in [2.45, 2.75) is 50.1 Å². The van der Waals surface area contributed by atoms with Crippen molar-refractivity contribution in [1.82, 2.24) is 15.2 Å². The lowest BCUT2D eigenvalue weighted by Crippen LogP contribution is -2.32. The molecule has 0 radical (unpaired) electrons. The standard InChI is InChI=1S/C19H20ClN3OS/c1-18(2)13-8-9-19(18,3)16-15(13)22-23-17(21-16)25-10-14(24)11-4-6-12(20)7-5-11/h4-7,13H,8-10H2,1-3H3/t13-,19+/m0/s1. The van der Waals surface area contributed by atoms with Crippen LogP contribution in [-0.4, -0.2) is 26.7 Å². The average Bonchev–Trinajstić information content (AvgIpc) is 2.92. The van der Waals surface area contributed by atoms with Crippen LogP contribution in [0.4, 0.5) is 0 Å². The molecule has 0 amide bonds. The highest BCUT2D eigenvalue weighted by Crippen LogP contribution is 2.66. The van der Waals surface area contributed by atoms with Crippen LogP contribution in [0.1, 0.15) is 61.3 Å². The van der Waals surface area contributed by atoms with Gasteiger partial charge in [0.25, 0.3) is 0 Å². The van der Waals surface area contributed by atoms with Crippen LogP contribution in [0, 0.1) is 5.41 Å². The first-order valence-electron chi connectivity index (χ1n) is 8.49. The molecule has 2 bridgehead atoms. The Morgan fingerprint density at radius 2 is 1.96 bits per heavy atom. The van der Waals surface area contributed by atoms with E-state index in [-0.39, 0.29) is 16.6 Å². The Hall–Kier alpha value is -1.46. The summed E-state index contributed by atoms with van der Waals surface area (Å²) in [6.07, 6.45) is 2.30. The van der Waals surface area contributed by atoms with Crippen molar-refractivity contribution in [3.8, 4) is 0 Å². The zero-order valence-corrected chi connectivity index (χ0v) is 16.1. The maximum atomic E-state index is 12.3. The molecule has 25 heavy (non-hydrogen) atoms. The van der Waals surface area contributed by atoms with E-state index >= 15 is 0 Å². The van der Waals surface area contributed by atoms with Crippen molar-refractivity contribution in [2.24, 2.45) is 5.41 Å². The first-order chi connectivity index (χ1) is 11.8. The Bertz CT molecular complexity index is 852. The highest BCUT2D eigenvalue weighted by molar-refractivity contribution is 7.99. The smallest absolute Gasteiger partial charge is 0.209 e. The summed E-state index contributed by atoms with van der Waals surface area (Å²) in [6.45, 7) is 6.91. The number of hydrogen-bond acceptors (Lipinski definition) is 5. The summed E-state index contributed by atoms with van der Waals surface area (Å²) in [5.74, 6) is 0.784. The number of benzene rings is 1. The lowest BCUT2D eigenvalue weighted by atomic mass is 9.70. The number of aromatic nitrogens is 3. The number of nitrogens with zero attached hydrogens (tertiary/aromatic N) is 3. The zero-order chi connectivity index (χ0) is 17.8. The van der Waals surface area contributed by atoms with Crippen molar-refractivity contribution in [3.05, 3.63) is 46.2 Å². The molecule has 1 fully saturated rings. The normalized spacial score (nSPS) is 25.8. The minimum atomic E-state index is 0.0406. The van der Waals surface area contributed by atoms with Gasteiger partial charge in [0.1, 0.15) is 0 Å². The maximum Gasteiger partial charge on any atom is 0.209 e. The molecule has 2 aliphatic carbocycles. The van der Waals surface area contributed by atoms with Crippen LogP contribution in [0.5, 0.6) is 0 Å². The second-order valence-electron chi connectivity index (χ2n) is 7.69. The summed E-state index contributed by atoms with van der Waals surface area (Å²) in [5.41, 5.74) is 3.02. The van der Waals surface area contributed by atoms with Gasteiger partial charge in [0.05, 0.1) is 17.1 Å². The molecule has 0 spiro atoms. The number of Topliss-reactive ketones (excluding diaryl/α,β-unsaturated/α-hetero) is 1. The first kappa shape index (κ1) is 17.0. The second-order valence-corrected chi connectivity index (χ2v) is 9.07. The van der Waals surface area contributed by atoms with E-state index < -0.39 is 0 Å².